The summed E-state index contributed by atoms with van der Waals surface area (Å²) >= 11 is 0. The van der Waals surface area contributed by atoms with Gasteiger partial charge in [0.1, 0.15) is 18.9 Å². The molecular weight excluding hydrogens is 408 g/mol. The van der Waals surface area contributed by atoms with Crippen molar-refractivity contribution < 1.29 is 9.53 Å². The summed E-state index contributed by atoms with van der Waals surface area (Å²) < 4.78 is 6.82. The maximum atomic E-state index is 12.6. The van der Waals surface area contributed by atoms with Crippen LogP contribution < -0.4 is 21.2 Å². The molecule has 2 N–H and O–H groups in total. The lowest BCUT2D eigenvalue weighted by atomic mass is 10.1. The molecule has 0 aliphatic rings. The first-order chi connectivity index (χ1) is 15.5. The lowest BCUT2D eigenvalue weighted by Gasteiger charge is -2.16. The summed E-state index contributed by atoms with van der Waals surface area (Å²) in [5.41, 5.74) is 0.817. The minimum absolute atomic E-state index is 0.273. The van der Waals surface area contributed by atoms with Gasteiger partial charge in [-0.2, -0.15) is 0 Å². The van der Waals surface area contributed by atoms with Crippen LogP contribution in [0, 0.1) is 0 Å². The van der Waals surface area contributed by atoms with Crippen LogP contribution in [0.1, 0.15) is 24.2 Å². The van der Waals surface area contributed by atoms with Crippen LogP contribution in [0.4, 0.5) is 0 Å². The Morgan fingerprint density at radius 2 is 1.84 bits per heavy atom. The lowest BCUT2D eigenvalue weighted by molar-refractivity contribution is -0.122. The summed E-state index contributed by atoms with van der Waals surface area (Å²) in [5, 5.41) is 5.89. The summed E-state index contributed by atoms with van der Waals surface area (Å²) in [5.74, 6) is 0.259. The highest BCUT2D eigenvalue weighted by molar-refractivity contribution is 5.81. The number of nitrogens with zero attached hydrogens (tertiary/aromatic N) is 2. The van der Waals surface area contributed by atoms with Crippen molar-refractivity contribution in [3.63, 3.8) is 0 Å². The first-order valence-corrected chi connectivity index (χ1v) is 10.1. The maximum Gasteiger partial charge on any atom is 0.273 e. The number of fused-ring (bicyclic) bond motifs is 1. The zero-order valence-corrected chi connectivity index (χ0v) is 17.4. The van der Waals surface area contributed by atoms with Gasteiger partial charge in [0.2, 0.25) is 5.91 Å². The molecule has 2 heterocycles. The van der Waals surface area contributed by atoms with Gasteiger partial charge in [0.05, 0.1) is 22.5 Å². The van der Waals surface area contributed by atoms with Crippen molar-refractivity contribution in [3.8, 4) is 5.75 Å². The van der Waals surface area contributed by atoms with Crippen LogP contribution in [-0.2, 0) is 17.9 Å². The predicted octanol–water partition coefficient (Wildman–Crippen LogP) is 2.54. The second-order valence-corrected chi connectivity index (χ2v) is 7.35. The first kappa shape index (κ1) is 21.0. The highest BCUT2D eigenvalue weighted by atomic mass is 16.5. The third-order valence-electron chi connectivity index (χ3n) is 5.03. The van der Waals surface area contributed by atoms with Gasteiger partial charge in [-0.3, -0.25) is 24.5 Å². The number of pyridine rings is 1. The molecule has 1 unspecified atom stereocenters. The van der Waals surface area contributed by atoms with Gasteiger partial charge < -0.3 is 10.1 Å². The van der Waals surface area contributed by atoms with Crippen molar-refractivity contribution in [3.05, 3.63) is 105 Å². The zero-order valence-electron chi connectivity index (χ0n) is 17.4. The second kappa shape index (κ2) is 9.30. The van der Waals surface area contributed by atoms with E-state index in [1.165, 1.54) is 0 Å². The molecule has 162 valence electrons. The molecule has 2 aromatic heterocycles. The van der Waals surface area contributed by atoms with E-state index in [0.717, 1.165) is 15.9 Å². The normalized spacial score (nSPS) is 11.8. The standard InChI is InChI=1S/C24H22N4O4/c1-16(17-7-6-9-19(13-17)32-15-18-8-4-5-12-25-18)26-22(29)14-28-24(31)21-11-3-2-10-20(21)23(30)27-28/h2-13,16H,14-15H2,1H3,(H,26,29)(H,27,30). The molecule has 2 aromatic carbocycles. The fourth-order valence-corrected chi connectivity index (χ4v) is 3.39. The number of aromatic amines is 1. The van der Waals surface area contributed by atoms with Gasteiger partial charge in [0.25, 0.3) is 11.1 Å². The van der Waals surface area contributed by atoms with Gasteiger partial charge in [-0.1, -0.05) is 30.3 Å². The van der Waals surface area contributed by atoms with Crippen molar-refractivity contribution in [1.82, 2.24) is 20.1 Å². The van der Waals surface area contributed by atoms with Crippen molar-refractivity contribution in [1.29, 1.82) is 0 Å². The van der Waals surface area contributed by atoms with E-state index in [2.05, 4.69) is 15.4 Å². The van der Waals surface area contributed by atoms with E-state index >= 15 is 0 Å². The highest BCUT2D eigenvalue weighted by Crippen LogP contribution is 2.20. The molecule has 1 atom stereocenters. The Balaban J connectivity index is 1.43. The number of benzene rings is 2. The molecule has 0 aliphatic heterocycles. The Labute approximate surface area is 183 Å². The molecule has 0 radical (unpaired) electrons. The van der Waals surface area contributed by atoms with E-state index < -0.39 is 17.0 Å². The van der Waals surface area contributed by atoms with Crippen molar-refractivity contribution in [2.75, 3.05) is 0 Å². The second-order valence-electron chi connectivity index (χ2n) is 7.35. The monoisotopic (exact) mass is 430 g/mol. The molecule has 1 amide bonds. The number of carbonyl (C=O) groups is 1. The van der Waals surface area contributed by atoms with E-state index in [1.807, 2.05) is 49.4 Å². The molecule has 8 nitrogen and oxygen atoms in total. The highest BCUT2D eigenvalue weighted by Gasteiger charge is 2.14. The Morgan fingerprint density at radius 1 is 1.06 bits per heavy atom. The lowest BCUT2D eigenvalue weighted by Crippen LogP contribution is -2.37. The third-order valence-corrected chi connectivity index (χ3v) is 5.03. The molecule has 0 aliphatic carbocycles. The Bertz CT molecular complexity index is 1360. The van der Waals surface area contributed by atoms with Crippen LogP contribution in [0.3, 0.4) is 0 Å². The smallest absolute Gasteiger partial charge is 0.273 e. The number of hydrogen-bond acceptors (Lipinski definition) is 5. The summed E-state index contributed by atoms with van der Waals surface area (Å²) in [7, 11) is 0. The number of carbonyl (C=O) groups excluding carboxylic acids is 1. The molecule has 0 saturated heterocycles. The molecule has 4 rings (SSSR count). The number of nitrogens with one attached hydrogen (secondary N) is 2. The van der Waals surface area contributed by atoms with Gasteiger partial charge >= 0.3 is 0 Å². The Hall–Kier alpha value is -4.20. The van der Waals surface area contributed by atoms with Crippen molar-refractivity contribution in [2.24, 2.45) is 0 Å². The molecule has 0 saturated carbocycles. The molecular formula is C24H22N4O4. The minimum Gasteiger partial charge on any atom is -0.487 e. The van der Waals surface area contributed by atoms with E-state index in [-0.39, 0.29) is 18.0 Å². The average Bonchev–Trinajstić information content (AvgIpc) is 2.82. The van der Waals surface area contributed by atoms with Crippen LogP contribution in [0.2, 0.25) is 0 Å². The maximum absolute atomic E-state index is 12.6. The quantitative estimate of drug-likeness (QED) is 0.469. The topological polar surface area (TPSA) is 106 Å². The van der Waals surface area contributed by atoms with Crippen LogP contribution >= 0.6 is 0 Å². The minimum atomic E-state index is -0.423. The van der Waals surface area contributed by atoms with Gasteiger partial charge in [-0.05, 0) is 48.9 Å². The number of hydrogen-bond donors (Lipinski definition) is 2. The van der Waals surface area contributed by atoms with Gasteiger partial charge in [-0.15, -0.1) is 0 Å². The van der Waals surface area contributed by atoms with E-state index in [9.17, 15) is 14.4 Å². The van der Waals surface area contributed by atoms with Crippen LogP contribution in [0.5, 0.6) is 5.75 Å². The summed E-state index contributed by atoms with van der Waals surface area (Å²) in [4.78, 5) is 41.6. The first-order valence-electron chi connectivity index (χ1n) is 10.1. The number of amides is 1. The zero-order chi connectivity index (χ0) is 22.5. The molecule has 4 aromatic rings. The van der Waals surface area contributed by atoms with Crippen LogP contribution in [0.25, 0.3) is 10.8 Å². The molecule has 8 heteroatoms. The Kier molecular flexibility index (Phi) is 6.12. The number of rotatable bonds is 7. The van der Waals surface area contributed by atoms with Gasteiger partial charge in [0.15, 0.2) is 0 Å². The number of H-pyrrole nitrogens is 1. The molecule has 0 bridgehead atoms. The summed E-state index contributed by atoms with van der Waals surface area (Å²) in [6, 6.07) is 19.2. The van der Waals surface area contributed by atoms with E-state index in [0.29, 0.717) is 17.7 Å². The van der Waals surface area contributed by atoms with Gasteiger partial charge in [0, 0.05) is 6.20 Å². The van der Waals surface area contributed by atoms with E-state index in [4.69, 9.17) is 4.74 Å². The predicted molar refractivity (Wildman–Crippen MR) is 120 cm³/mol. The summed E-state index contributed by atoms with van der Waals surface area (Å²) in [6.45, 7) is 1.88. The SMILES string of the molecule is CC(NC(=O)Cn1[nH]c(=O)c2ccccc2c1=O)c1cccc(OCc2ccccn2)c1. The van der Waals surface area contributed by atoms with E-state index in [1.54, 1.807) is 30.5 Å². The Morgan fingerprint density at radius 3 is 2.62 bits per heavy atom. The van der Waals surface area contributed by atoms with Crippen molar-refractivity contribution >= 4 is 16.7 Å². The fourth-order valence-electron chi connectivity index (χ4n) is 3.39. The molecule has 0 fully saturated rings. The fraction of sp³-hybridized carbons (Fsp3) is 0.167. The average molecular weight is 430 g/mol. The summed E-state index contributed by atoms with van der Waals surface area (Å²) in [6.07, 6.45) is 1.71. The number of ether oxygens (including phenoxy) is 1. The number of aromatic nitrogens is 3. The largest absolute Gasteiger partial charge is 0.487 e. The molecule has 0 spiro atoms. The van der Waals surface area contributed by atoms with Crippen LogP contribution in [-0.4, -0.2) is 20.7 Å². The molecule has 32 heavy (non-hydrogen) atoms. The van der Waals surface area contributed by atoms with Crippen molar-refractivity contribution in [2.45, 2.75) is 26.1 Å². The van der Waals surface area contributed by atoms with Crippen LogP contribution in [0.15, 0.2) is 82.5 Å². The third kappa shape index (κ3) is 4.75. The van der Waals surface area contributed by atoms with Gasteiger partial charge in [-0.25, -0.2) is 4.68 Å².